The second-order valence-corrected chi connectivity index (χ2v) is 10.6. The van der Waals surface area contributed by atoms with Gasteiger partial charge in [-0.15, -0.1) is 17.8 Å². The Morgan fingerprint density at radius 1 is 1.21 bits per heavy atom. The molecular formula is C28H27F4N5O4S. The first-order chi connectivity index (χ1) is 20.3. The van der Waals surface area contributed by atoms with Crippen molar-refractivity contribution in [1.29, 1.82) is 0 Å². The predicted molar refractivity (Wildman–Crippen MR) is 145 cm³/mol. The molecule has 1 atom stereocenters. The van der Waals surface area contributed by atoms with Crippen molar-refractivity contribution in [3.63, 3.8) is 0 Å². The average Bonchev–Trinajstić information content (AvgIpc) is 3.76. The first-order valence-electron chi connectivity index (χ1n) is 13.1. The van der Waals surface area contributed by atoms with Crippen LogP contribution in [0.15, 0.2) is 34.8 Å². The minimum Gasteiger partial charge on any atom is -0.497 e. The molecule has 4 heterocycles. The molecule has 1 amide bonds. The van der Waals surface area contributed by atoms with Gasteiger partial charge in [0.2, 0.25) is 5.91 Å². The number of terminal acetylenes is 1. The Hall–Kier alpha value is -4.12. The van der Waals surface area contributed by atoms with E-state index in [1.807, 2.05) is 17.5 Å². The van der Waals surface area contributed by atoms with Gasteiger partial charge in [-0.05, 0) is 31.0 Å². The molecule has 0 bridgehead atoms. The highest BCUT2D eigenvalue weighted by Gasteiger charge is 2.31. The van der Waals surface area contributed by atoms with Crippen LogP contribution in [0.25, 0.3) is 0 Å². The molecule has 0 saturated carbocycles. The molecule has 222 valence electrons. The summed E-state index contributed by atoms with van der Waals surface area (Å²) >= 11 is 1.50. The predicted octanol–water partition coefficient (Wildman–Crippen LogP) is 5.51. The number of benzene rings is 1. The van der Waals surface area contributed by atoms with Gasteiger partial charge in [0.05, 0.1) is 17.8 Å². The number of alkyl halides is 4. The third kappa shape index (κ3) is 6.35. The fourth-order valence-electron chi connectivity index (χ4n) is 4.92. The fourth-order valence-corrected chi connectivity index (χ4v) is 5.92. The smallest absolute Gasteiger partial charge is 0.282 e. The molecule has 2 aliphatic heterocycles. The highest BCUT2D eigenvalue weighted by Crippen LogP contribution is 2.38. The van der Waals surface area contributed by atoms with E-state index in [-0.39, 0.29) is 18.6 Å². The summed E-state index contributed by atoms with van der Waals surface area (Å²) in [6.45, 7) is 0.341. The Morgan fingerprint density at radius 2 is 2.00 bits per heavy atom. The number of piperidine rings is 1. The number of methoxy groups -OCH3 is 1. The van der Waals surface area contributed by atoms with Gasteiger partial charge in [0.1, 0.15) is 41.8 Å². The van der Waals surface area contributed by atoms with Crippen LogP contribution < -0.4 is 9.47 Å². The lowest BCUT2D eigenvalue weighted by Gasteiger charge is -2.31. The standard InChI is InChI=1S/C28H27F4N5O4S/c1-3-10-40-23-11-17(39-2)4-5-18(23)24-13-19(35-41-24)21-15-42-28(33-21)16-6-8-36(9-7-16)25(38)14-37-22(27(31)32)12-20(34-37)26(29)30/h1,4-5,11-12,15-16,24,26-27H,6-10,13-14H2,2H3. The van der Waals surface area contributed by atoms with Crippen molar-refractivity contribution in [1.82, 2.24) is 19.7 Å². The van der Waals surface area contributed by atoms with Crippen LogP contribution in [-0.2, 0) is 16.2 Å². The molecule has 42 heavy (non-hydrogen) atoms. The van der Waals surface area contributed by atoms with Crippen molar-refractivity contribution in [2.45, 2.75) is 50.7 Å². The number of carbonyl (C=O) groups excluding carboxylic acids is 1. The van der Waals surface area contributed by atoms with Crippen LogP contribution in [0.2, 0.25) is 0 Å². The number of nitrogens with zero attached hydrogens (tertiary/aromatic N) is 5. The van der Waals surface area contributed by atoms with Crippen LogP contribution in [0, 0.1) is 12.3 Å². The molecular weight excluding hydrogens is 578 g/mol. The number of amides is 1. The third-order valence-electron chi connectivity index (χ3n) is 7.12. The summed E-state index contributed by atoms with van der Waals surface area (Å²) in [6.07, 6.45) is 0.674. The minimum atomic E-state index is -3.02. The molecule has 3 aromatic rings. The number of rotatable bonds is 10. The molecule has 1 saturated heterocycles. The maximum atomic E-state index is 13.3. The molecule has 1 aromatic carbocycles. The van der Waals surface area contributed by atoms with E-state index in [4.69, 9.17) is 25.7 Å². The molecule has 0 radical (unpaired) electrons. The maximum Gasteiger partial charge on any atom is 0.282 e. The van der Waals surface area contributed by atoms with Gasteiger partial charge in [-0.1, -0.05) is 11.1 Å². The van der Waals surface area contributed by atoms with Crippen LogP contribution in [0.5, 0.6) is 11.5 Å². The van der Waals surface area contributed by atoms with Gasteiger partial charge >= 0.3 is 0 Å². The van der Waals surface area contributed by atoms with Crippen LogP contribution in [-0.4, -0.2) is 58.1 Å². The lowest BCUT2D eigenvalue weighted by atomic mass is 9.97. The van der Waals surface area contributed by atoms with E-state index in [1.165, 1.54) is 16.2 Å². The molecule has 14 heteroatoms. The minimum absolute atomic E-state index is 0.0973. The zero-order valence-corrected chi connectivity index (χ0v) is 23.3. The van der Waals surface area contributed by atoms with Crippen molar-refractivity contribution >= 4 is 23.0 Å². The Kier molecular flexibility index (Phi) is 8.96. The van der Waals surface area contributed by atoms with E-state index >= 15 is 0 Å². The topological polar surface area (TPSA) is 91.1 Å². The van der Waals surface area contributed by atoms with E-state index in [2.05, 4.69) is 16.2 Å². The number of oxime groups is 1. The number of aromatic nitrogens is 3. The normalized spacial score (nSPS) is 17.3. The van der Waals surface area contributed by atoms with Crippen molar-refractivity contribution in [2.75, 3.05) is 26.8 Å². The zero-order valence-electron chi connectivity index (χ0n) is 22.5. The first-order valence-corrected chi connectivity index (χ1v) is 14.0. The Labute approximate surface area is 243 Å². The number of carbonyl (C=O) groups is 1. The number of hydrogen-bond acceptors (Lipinski definition) is 8. The van der Waals surface area contributed by atoms with Gasteiger partial charge in [-0.25, -0.2) is 22.5 Å². The number of ether oxygens (including phenoxy) is 2. The third-order valence-corrected chi connectivity index (χ3v) is 8.13. The monoisotopic (exact) mass is 605 g/mol. The number of halogens is 4. The van der Waals surface area contributed by atoms with Crippen LogP contribution in [0.4, 0.5) is 17.6 Å². The van der Waals surface area contributed by atoms with Gasteiger partial charge in [-0.3, -0.25) is 9.48 Å². The summed E-state index contributed by atoms with van der Waals surface area (Å²) in [5.41, 5.74) is 0.725. The van der Waals surface area contributed by atoms with Crippen molar-refractivity contribution in [3.05, 3.63) is 57.3 Å². The van der Waals surface area contributed by atoms with Crippen LogP contribution >= 0.6 is 11.3 Å². The summed E-state index contributed by atoms with van der Waals surface area (Å²) in [5.74, 6) is 3.28. The van der Waals surface area contributed by atoms with Gasteiger partial charge < -0.3 is 19.2 Å². The molecule has 1 unspecified atom stereocenters. The summed E-state index contributed by atoms with van der Waals surface area (Å²) in [6, 6.07) is 6.05. The maximum absolute atomic E-state index is 13.3. The molecule has 5 rings (SSSR count). The molecule has 2 aliphatic rings. The number of likely N-dealkylation sites (tertiary alicyclic amines) is 1. The van der Waals surface area contributed by atoms with Gasteiger partial charge in [0.15, 0.2) is 6.10 Å². The summed E-state index contributed by atoms with van der Waals surface area (Å²) in [5, 5.41) is 10.6. The van der Waals surface area contributed by atoms with E-state index in [1.54, 1.807) is 13.2 Å². The number of hydrogen-bond donors (Lipinski definition) is 0. The van der Waals surface area contributed by atoms with Crippen LogP contribution in [0.1, 0.15) is 71.8 Å². The summed E-state index contributed by atoms with van der Waals surface area (Å²) < 4.78 is 64.1. The second-order valence-electron chi connectivity index (χ2n) is 9.71. The van der Waals surface area contributed by atoms with Gasteiger partial charge in [-0.2, -0.15) is 5.10 Å². The van der Waals surface area contributed by atoms with E-state index < -0.39 is 36.7 Å². The Bertz CT molecular complexity index is 1490. The first kappa shape index (κ1) is 29.4. The van der Waals surface area contributed by atoms with E-state index in [0.717, 1.165) is 10.6 Å². The van der Waals surface area contributed by atoms with E-state index in [0.29, 0.717) is 66.0 Å². The lowest BCUT2D eigenvalue weighted by Crippen LogP contribution is -2.40. The molecule has 1 fully saturated rings. The van der Waals surface area contributed by atoms with Gasteiger partial charge in [0, 0.05) is 42.4 Å². The van der Waals surface area contributed by atoms with Crippen molar-refractivity contribution in [3.8, 4) is 23.8 Å². The average molecular weight is 606 g/mol. The Balaban J connectivity index is 1.18. The highest BCUT2D eigenvalue weighted by atomic mass is 32.1. The molecule has 0 aliphatic carbocycles. The Morgan fingerprint density at radius 3 is 2.69 bits per heavy atom. The number of thiazole rings is 1. The second kappa shape index (κ2) is 12.8. The van der Waals surface area contributed by atoms with Crippen LogP contribution in [0.3, 0.4) is 0 Å². The SMILES string of the molecule is C#CCOc1cc(OC)ccc1C1CC(c2csc(C3CCN(C(=O)Cn4nc(C(F)F)cc4C(F)F)CC3)n2)=NO1. The lowest BCUT2D eigenvalue weighted by molar-refractivity contribution is -0.133. The quantitative estimate of drug-likeness (QED) is 0.224. The van der Waals surface area contributed by atoms with E-state index in [9.17, 15) is 22.4 Å². The fraction of sp³-hybridized carbons (Fsp3) is 0.429. The van der Waals surface area contributed by atoms with Crippen molar-refractivity contribution < 1.29 is 36.7 Å². The molecule has 2 aromatic heterocycles. The van der Waals surface area contributed by atoms with Gasteiger partial charge in [0.25, 0.3) is 12.9 Å². The summed E-state index contributed by atoms with van der Waals surface area (Å²) in [7, 11) is 1.56. The molecule has 0 spiro atoms. The highest BCUT2D eigenvalue weighted by molar-refractivity contribution is 7.10. The zero-order chi connectivity index (χ0) is 29.8. The molecule has 0 N–H and O–H groups in total. The molecule has 9 nitrogen and oxygen atoms in total. The largest absolute Gasteiger partial charge is 0.497 e. The summed E-state index contributed by atoms with van der Waals surface area (Å²) in [4.78, 5) is 24.8. The van der Waals surface area contributed by atoms with Crippen molar-refractivity contribution in [2.24, 2.45) is 5.16 Å².